The van der Waals surface area contributed by atoms with Gasteiger partial charge in [-0.3, -0.25) is 0 Å². The molecule has 0 bridgehead atoms. The summed E-state index contributed by atoms with van der Waals surface area (Å²) in [5.41, 5.74) is 0.269. The van der Waals surface area contributed by atoms with Crippen LogP contribution in [0.2, 0.25) is 0 Å². The van der Waals surface area contributed by atoms with Crippen molar-refractivity contribution in [1.29, 1.82) is 0 Å². The Labute approximate surface area is 124 Å². The zero-order chi connectivity index (χ0) is 15.5. The average molecular weight is 368 g/mol. The predicted molar refractivity (Wildman–Crippen MR) is 74.1 cm³/mol. The summed E-state index contributed by atoms with van der Waals surface area (Å²) < 4.78 is 26.6. The van der Waals surface area contributed by atoms with E-state index in [4.69, 9.17) is 15.3 Å². The summed E-state index contributed by atoms with van der Waals surface area (Å²) in [5, 5.41) is 26.8. The van der Waals surface area contributed by atoms with Crippen LogP contribution in [-0.2, 0) is 10.0 Å². The summed E-state index contributed by atoms with van der Waals surface area (Å²) >= 11 is 3.10. The minimum absolute atomic E-state index is 0.171. The van der Waals surface area contributed by atoms with Crippen LogP contribution in [0.1, 0.15) is 15.9 Å². The van der Waals surface area contributed by atoms with Gasteiger partial charge in [0.1, 0.15) is 0 Å². The van der Waals surface area contributed by atoms with Crippen molar-refractivity contribution >= 4 is 31.9 Å². The van der Waals surface area contributed by atoms with E-state index in [1.807, 2.05) is 0 Å². The molecule has 1 rings (SSSR count). The van der Waals surface area contributed by atoms with Crippen LogP contribution in [0.25, 0.3) is 0 Å². The summed E-state index contributed by atoms with van der Waals surface area (Å²) in [6.07, 6.45) is 0. The highest BCUT2D eigenvalue weighted by Gasteiger charge is 2.24. The highest BCUT2D eigenvalue weighted by Crippen LogP contribution is 2.27. The molecule has 0 heterocycles. The Kier molecular flexibility index (Phi) is 5.66. The lowest BCUT2D eigenvalue weighted by Crippen LogP contribution is -2.40. The monoisotopic (exact) mass is 367 g/mol. The van der Waals surface area contributed by atoms with E-state index in [9.17, 15) is 13.2 Å². The number of carboxylic acid groups (broad SMARTS) is 1. The number of carboxylic acids is 1. The van der Waals surface area contributed by atoms with Gasteiger partial charge in [-0.1, -0.05) is 0 Å². The third-order valence-corrected chi connectivity index (χ3v) is 5.38. The van der Waals surface area contributed by atoms with Crippen LogP contribution in [0, 0.1) is 6.92 Å². The topological polar surface area (TPSA) is 124 Å². The lowest BCUT2D eigenvalue weighted by Gasteiger charge is -2.16. The summed E-state index contributed by atoms with van der Waals surface area (Å²) in [4.78, 5) is 10.7. The number of hydrogen-bond acceptors (Lipinski definition) is 5. The smallest absolute Gasteiger partial charge is 0.335 e. The summed E-state index contributed by atoms with van der Waals surface area (Å²) in [6.45, 7) is 0.404. The van der Waals surface area contributed by atoms with Gasteiger partial charge in [0.25, 0.3) is 0 Å². The summed E-state index contributed by atoms with van der Waals surface area (Å²) in [6, 6.07) is 1.29. The SMILES string of the molecule is Cc1cc(C(=O)O)cc(S(=O)(=O)NC(CO)CO)c1Br. The normalized spacial score (nSPS) is 11.8. The molecule has 112 valence electrons. The number of carbonyl (C=O) groups is 1. The van der Waals surface area contributed by atoms with Gasteiger partial charge in [0.15, 0.2) is 0 Å². The number of aromatic carboxylic acids is 1. The minimum atomic E-state index is -4.07. The van der Waals surface area contributed by atoms with E-state index < -0.39 is 35.2 Å². The van der Waals surface area contributed by atoms with Crippen LogP contribution in [0.3, 0.4) is 0 Å². The van der Waals surface area contributed by atoms with E-state index in [0.29, 0.717) is 5.56 Å². The van der Waals surface area contributed by atoms with Crippen molar-refractivity contribution in [1.82, 2.24) is 4.72 Å². The van der Waals surface area contributed by atoms with Gasteiger partial charge < -0.3 is 15.3 Å². The van der Waals surface area contributed by atoms with Crippen LogP contribution < -0.4 is 4.72 Å². The second kappa shape index (κ2) is 6.64. The molecule has 20 heavy (non-hydrogen) atoms. The number of halogens is 1. The Bertz CT molecular complexity index is 612. The molecule has 0 fully saturated rings. The van der Waals surface area contributed by atoms with E-state index in [1.165, 1.54) is 6.07 Å². The van der Waals surface area contributed by atoms with Crippen LogP contribution >= 0.6 is 15.9 Å². The first-order valence-corrected chi connectivity index (χ1v) is 7.78. The maximum atomic E-state index is 12.2. The number of nitrogens with one attached hydrogen (secondary N) is 1. The summed E-state index contributed by atoms with van der Waals surface area (Å²) in [5.74, 6) is -1.25. The minimum Gasteiger partial charge on any atom is -0.478 e. The Hall–Kier alpha value is -1.00. The van der Waals surface area contributed by atoms with Crippen molar-refractivity contribution in [3.63, 3.8) is 0 Å². The zero-order valence-corrected chi connectivity index (χ0v) is 12.9. The molecule has 0 aliphatic carbocycles. The fourth-order valence-corrected chi connectivity index (χ4v) is 3.73. The first-order valence-electron chi connectivity index (χ1n) is 5.50. The van der Waals surface area contributed by atoms with Crippen molar-refractivity contribution in [2.45, 2.75) is 17.9 Å². The molecule has 1 aromatic rings. The number of sulfonamides is 1. The third-order valence-electron chi connectivity index (χ3n) is 2.52. The van der Waals surface area contributed by atoms with Gasteiger partial charge in [-0.25, -0.2) is 17.9 Å². The van der Waals surface area contributed by atoms with Crippen molar-refractivity contribution < 1.29 is 28.5 Å². The lowest BCUT2D eigenvalue weighted by atomic mass is 10.1. The molecule has 0 aromatic heterocycles. The van der Waals surface area contributed by atoms with Gasteiger partial charge in [0.2, 0.25) is 10.0 Å². The molecule has 0 aliphatic rings. The third kappa shape index (κ3) is 3.76. The highest BCUT2D eigenvalue weighted by molar-refractivity contribution is 9.10. The van der Waals surface area contributed by atoms with Gasteiger partial charge in [-0.05, 0) is 40.5 Å². The number of aliphatic hydroxyl groups is 2. The second-order valence-corrected chi connectivity index (χ2v) is 6.57. The molecule has 9 heteroatoms. The van der Waals surface area contributed by atoms with Crippen molar-refractivity contribution in [3.05, 3.63) is 27.7 Å². The Balaban J connectivity index is 3.34. The first-order chi connectivity index (χ1) is 9.22. The molecule has 1 aromatic carbocycles. The molecular formula is C11H14BrNO6S. The van der Waals surface area contributed by atoms with Gasteiger partial charge in [-0.15, -0.1) is 0 Å². The maximum Gasteiger partial charge on any atom is 0.335 e. The number of hydrogen-bond donors (Lipinski definition) is 4. The van der Waals surface area contributed by atoms with Crippen LogP contribution in [0.15, 0.2) is 21.5 Å². The van der Waals surface area contributed by atoms with E-state index in [2.05, 4.69) is 20.7 Å². The van der Waals surface area contributed by atoms with Crippen LogP contribution in [0.4, 0.5) is 0 Å². The second-order valence-electron chi connectivity index (χ2n) is 4.09. The lowest BCUT2D eigenvalue weighted by molar-refractivity contribution is 0.0696. The number of aliphatic hydroxyl groups excluding tert-OH is 2. The molecule has 0 atom stereocenters. The molecule has 0 unspecified atom stereocenters. The fraction of sp³-hybridized carbons (Fsp3) is 0.364. The van der Waals surface area contributed by atoms with Crippen molar-refractivity contribution in [3.8, 4) is 0 Å². The zero-order valence-electron chi connectivity index (χ0n) is 10.5. The number of benzene rings is 1. The maximum absolute atomic E-state index is 12.2. The molecule has 0 aliphatic heterocycles. The van der Waals surface area contributed by atoms with E-state index in [0.717, 1.165) is 6.07 Å². The number of aryl methyl sites for hydroxylation is 1. The molecule has 0 saturated heterocycles. The van der Waals surface area contributed by atoms with Crippen LogP contribution in [-0.4, -0.2) is 49.0 Å². The van der Waals surface area contributed by atoms with E-state index in [-0.39, 0.29) is 14.9 Å². The van der Waals surface area contributed by atoms with Crippen molar-refractivity contribution in [2.75, 3.05) is 13.2 Å². The van der Waals surface area contributed by atoms with E-state index >= 15 is 0 Å². The molecular weight excluding hydrogens is 354 g/mol. The quantitative estimate of drug-likeness (QED) is 0.564. The van der Waals surface area contributed by atoms with Gasteiger partial charge in [-0.2, -0.15) is 0 Å². The fourth-order valence-electron chi connectivity index (χ4n) is 1.47. The molecule has 0 amide bonds. The highest BCUT2D eigenvalue weighted by atomic mass is 79.9. The Morgan fingerprint density at radius 1 is 1.35 bits per heavy atom. The molecule has 0 saturated carbocycles. The number of rotatable bonds is 6. The first kappa shape index (κ1) is 17.1. The van der Waals surface area contributed by atoms with Gasteiger partial charge in [0, 0.05) is 4.47 Å². The molecule has 0 spiro atoms. The summed E-state index contributed by atoms with van der Waals surface area (Å²) in [7, 11) is -4.07. The predicted octanol–water partition coefficient (Wildman–Crippen LogP) is 0.0872. The molecule has 7 nitrogen and oxygen atoms in total. The van der Waals surface area contributed by atoms with Crippen LogP contribution in [0.5, 0.6) is 0 Å². The Morgan fingerprint density at radius 3 is 2.35 bits per heavy atom. The van der Waals surface area contributed by atoms with Gasteiger partial charge in [0.05, 0.1) is 29.7 Å². The largest absolute Gasteiger partial charge is 0.478 e. The molecule has 4 N–H and O–H groups in total. The standard InChI is InChI=1S/C11H14BrNO6S/c1-6-2-7(11(16)17)3-9(10(6)12)20(18,19)13-8(4-14)5-15/h2-3,8,13-15H,4-5H2,1H3,(H,16,17). The Morgan fingerprint density at radius 2 is 1.90 bits per heavy atom. The van der Waals surface area contributed by atoms with Crippen molar-refractivity contribution in [2.24, 2.45) is 0 Å². The average Bonchev–Trinajstić information content (AvgIpc) is 2.38. The van der Waals surface area contributed by atoms with Gasteiger partial charge >= 0.3 is 5.97 Å². The molecule has 0 radical (unpaired) electrons. The van der Waals surface area contributed by atoms with E-state index in [1.54, 1.807) is 6.92 Å².